The molecule has 0 radical (unpaired) electrons. The summed E-state index contributed by atoms with van der Waals surface area (Å²) >= 11 is 0. The molecule has 1 amide bonds. The number of benzene rings is 3. The summed E-state index contributed by atoms with van der Waals surface area (Å²) in [5.41, 5.74) is 1.83. The summed E-state index contributed by atoms with van der Waals surface area (Å²) < 4.78 is 11.0. The van der Waals surface area contributed by atoms with Crippen molar-refractivity contribution in [2.24, 2.45) is 0 Å². The van der Waals surface area contributed by atoms with Crippen molar-refractivity contribution >= 4 is 23.1 Å². The highest BCUT2D eigenvalue weighted by Crippen LogP contribution is 2.46. The molecule has 2 N–H and O–H groups in total. The quantitative estimate of drug-likeness (QED) is 0.287. The van der Waals surface area contributed by atoms with Crippen LogP contribution in [0.25, 0.3) is 5.76 Å². The van der Waals surface area contributed by atoms with Gasteiger partial charge in [-0.15, -0.1) is 0 Å². The number of hydrogen-bond donors (Lipinski definition) is 2. The van der Waals surface area contributed by atoms with Crippen molar-refractivity contribution in [3.63, 3.8) is 0 Å². The molecule has 186 valence electrons. The predicted molar refractivity (Wildman–Crippen MR) is 138 cm³/mol. The minimum atomic E-state index is -0.968. The molecule has 0 aromatic heterocycles. The molecule has 7 heteroatoms. The summed E-state index contributed by atoms with van der Waals surface area (Å²) in [6.45, 7) is 6.11. The van der Waals surface area contributed by atoms with E-state index < -0.39 is 17.7 Å². The molecular formula is C29H29NO6. The topological polar surface area (TPSA) is 96.3 Å². The van der Waals surface area contributed by atoms with Crippen LogP contribution in [0.5, 0.6) is 17.2 Å². The van der Waals surface area contributed by atoms with Gasteiger partial charge in [-0.3, -0.25) is 14.5 Å². The number of ether oxygens (including phenoxy) is 2. The molecule has 7 nitrogen and oxygen atoms in total. The average Bonchev–Trinajstić information content (AvgIpc) is 3.13. The van der Waals surface area contributed by atoms with Crippen molar-refractivity contribution < 1.29 is 29.3 Å². The number of aliphatic hydroxyl groups excluding tert-OH is 1. The highest BCUT2D eigenvalue weighted by atomic mass is 16.5. The Kier molecular flexibility index (Phi) is 6.50. The van der Waals surface area contributed by atoms with E-state index in [-0.39, 0.29) is 22.5 Å². The number of para-hydroxylation sites is 2. The summed E-state index contributed by atoms with van der Waals surface area (Å²) in [5, 5.41) is 21.5. The lowest BCUT2D eigenvalue weighted by atomic mass is 9.85. The molecule has 1 saturated heterocycles. The lowest BCUT2D eigenvalue weighted by Gasteiger charge is -2.27. The number of aromatic hydroxyl groups is 1. The van der Waals surface area contributed by atoms with Crippen molar-refractivity contribution in [1.82, 2.24) is 0 Å². The number of anilines is 1. The molecule has 0 aliphatic carbocycles. The van der Waals surface area contributed by atoms with E-state index in [0.29, 0.717) is 28.3 Å². The number of ketones is 1. The second kappa shape index (κ2) is 9.41. The van der Waals surface area contributed by atoms with Gasteiger partial charge < -0.3 is 19.7 Å². The van der Waals surface area contributed by atoms with E-state index in [1.807, 2.05) is 26.8 Å². The van der Waals surface area contributed by atoms with Crippen LogP contribution >= 0.6 is 0 Å². The van der Waals surface area contributed by atoms with Gasteiger partial charge in [-0.1, -0.05) is 51.1 Å². The van der Waals surface area contributed by atoms with E-state index in [4.69, 9.17) is 9.47 Å². The van der Waals surface area contributed by atoms with Crippen LogP contribution in [0.3, 0.4) is 0 Å². The van der Waals surface area contributed by atoms with Gasteiger partial charge in [-0.05, 0) is 52.9 Å². The number of aliphatic hydroxyl groups is 1. The molecule has 1 fully saturated rings. The Morgan fingerprint density at radius 3 is 2.14 bits per heavy atom. The Morgan fingerprint density at radius 2 is 1.53 bits per heavy atom. The van der Waals surface area contributed by atoms with Crippen molar-refractivity contribution in [1.29, 1.82) is 0 Å². The molecule has 4 rings (SSSR count). The van der Waals surface area contributed by atoms with Crippen molar-refractivity contribution in [2.75, 3.05) is 19.1 Å². The summed E-state index contributed by atoms with van der Waals surface area (Å²) in [6.07, 6.45) is 0. The number of amides is 1. The number of carbonyl (C=O) groups is 2. The maximum atomic E-state index is 13.5. The molecule has 0 bridgehead atoms. The van der Waals surface area contributed by atoms with E-state index in [1.54, 1.807) is 48.5 Å². The molecule has 1 atom stereocenters. The molecule has 36 heavy (non-hydrogen) atoms. The molecule has 1 heterocycles. The molecule has 3 aromatic carbocycles. The van der Waals surface area contributed by atoms with Gasteiger partial charge in [-0.2, -0.15) is 0 Å². The maximum Gasteiger partial charge on any atom is 0.300 e. The first kappa shape index (κ1) is 24.9. The second-order valence-electron chi connectivity index (χ2n) is 9.60. The number of rotatable bonds is 5. The number of nitrogens with zero attached hydrogens (tertiary/aromatic N) is 1. The van der Waals surface area contributed by atoms with E-state index in [9.17, 15) is 19.8 Å². The van der Waals surface area contributed by atoms with Gasteiger partial charge in [0.1, 0.15) is 23.0 Å². The molecule has 0 spiro atoms. The Labute approximate surface area is 210 Å². The third kappa shape index (κ3) is 4.28. The van der Waals surface area contributed by atoms with Gasteiger partial charge in [0.25, 0.3) is 11.7 Å². The number of Topliss-reactive ketones (excluding diaryl/α,β-unsaturated/α-hetero) is 1. The van der Waals surface area contributed by atoms with Crippen LogP contribution in [0.2, 0.25) is 0 Å². The molecule has 3 aromatic rings. The van der Waals surface area contributed by atoms with Crippen LogP contribution in [-0.2, 0) is 15.0 Å². The fraction of sp³-hybridized carbons (Fsp3) is 0.241. The maximum absolute atomic E-state index is 13.5. The van der Waals surface area contributed by atoms with Gasteiger partial charge >= 0.3 is 0 Å². The normalized spacial score (nSPS) is 17.4. The van der Waals surface area contributed by atoms with Gasteiger partial charge in [0.15, 0.2) is 0 Å². The van der Waals surface area contributed by atoms with Crippen LogP contribution < -0.4 is 14.4 Å². The third-order valence-electron chi connectivity index (χ3n) is 6.32. The zero-order valence-electron chi connectivity index (χ0n) is 20.9. The SMILES string of the molecule is COc1ccc(C(C)(C)C)cc1/C(O)=C1\C(=O)C(=O)N(c2ccccc2OC)C1c1ccc(O)cc1. The van der Waals surface area contributed by atoms with Gasteiger partial charge in [0.2, 0.25) is 0 Å². The van der Waals surface area contributed by atoms with E-state index in [0.717, 1.165) is 5.56 Å². The summed E-state index contributed by atoms with van der Waals surface area (Å²) in [7, 11) is 2.96. The standard InChI is InChI=1S/C29H29NO6/c1-29(2,3)18-12-15-22(35-4)20(16-18)26(32)24-25(17-10-13-19(31)14-11-17)30(28(34)27(24)33)21-8-6-7-9-23(21)36-5/h6-16,25,31-32H,1-5H3/b26-24+. The lowest BCUT2D eigenvalue weighted by Crippen LogP contribution is -2.29. The van der Waals surface area contributed by atoms with E-state index in [2.05, 4.69) is 0 Å². The number of carbonyl (C=O) groups excluding carboxylic acids is 2. The predicted octanol–water partition coefficient (Wildman–Crippen LogP) is 5.33. The molecular weight excluding hydrogens is 458 g/mol. The van der Waals surface area contributed by atoms with Crippen molar-refractivity contribution in [3.8, 4) is 17.2 Å². The smallest absolute Gasteiger partial charge is 0.300 e. The Balaban J connectivity index is 2.02. The van der Waals surface area contributed by atoms with Crippen LogP contribution in [-0.4, -0.2) is 36.1 Å². The van der Waals surface area contributed by atoms with Crippen LogP contribution in [0, 0.1) is 0 Å². The second-order valence-corrected chi connectivity index (χ2v) is 9.60. The summed E-state index contributed by atoms with van der Waals surface area (Å²) in [6, 6.07) is 17.5. The monoisotopic (exact) mass is 487 g/mol. The van der Waals surface area contributed by atoms with E-state index >= 15 is 0 Å². The highest BCUT2D eigenvalue weighted by Gasteiger charge is 2.48. The lowest BCUT2D eigenvalue weighted by molar-refractivity contribution is -0.132. The Morgan fingerprint density at radius 1 is 0.889 bits per heavy atom. The third-order valence-corrected chi connectivity index (χ3v) is 6.32. The zero-order chi connectivity index (χ0) is 26.2. The van der Waals surface area contributed by atoms with Crippen LogP contribution in [0.15, 0.2) is 72.3 Å². The number of methoxy groups -OCH3 is 2. The largest absolute Gasteiger partial charge is 0.508 e. The minimum Gasteiger partial charge on any atom is -0.508 e. The molecule has 1 unspecified atom stereocenters. The van der Waals surface area contributed by atoms with Gasteiger partial charge in [0, 0.05) is 0 Å². The average molecular weight is 488 g/mol. The van der Waals surface area contributed by atoms with Gasteiger partial charge in [0.05, 0.1) is 37.1 Å². The molecule has 1 aliphatic rings. The number of phenols is 1. The minimum absolute atomic E-state index is 0.0348. The number of phenolic OH excluding ortho intramolecular Hbond substituents is 1. The first-order chi connectivity index (χ1) is 17.1. The fourth-order valence-corrected chi connectivity index (χ4v) is 4.39. The molecule has 1 aliphatic heterocycles. The first-order valence-electron chi connectivity index (χ1n) is 11.5. The summed E-state index contributed by atoms with van der Waals surface area (Å²) in [5.74, 6) is -1.17. The Bertz CT molecular complexity index is 1350. The number of hydrogen-bond acceptors (Lipinski definition) is 6. The molecule has 0 saturated carbocycles. The van der Waals surface area contributed by atoms with Crippen molar-refractivity contribution in [3.05, 3.63) is 89.0 Å². The fourth-order valence-electron chi connectivity index (χ4n) is 4.39. The first-order valence-corrected chi connectivity index (χ1v) is 11.5. The van der Waals surface area contributed by atoms with Gasteiger partial charge in [-0.25, -0.2) is 0 Å². The zero-order valence-corrected chi connectivity index (χ0v) is 20.9. The Hall–Kier alpha value is -4.26. The van der Waals surface area contributed by atoms with Crippen molar-refractivity contribution in [2.45, 2.75) is 32.2 Å². The van der Waals surface area contributed by atoms with E-state index in [1.165, 1.54) is 31.3 Å². The van der Waals surface area contributed by atoms with Crippen LogP contribution in [0.4, 0.5) is 5.69 Å². The highest BCUT2D eigenvalue weighted by molar-refractivity contribution is 6.52. The van der Waals surface area contributed by atoms with Crippen LogP contribution in [0.1, 0.15) is 43.5 Å². The summed E-state index contributed by atoms with van der Waals surface area (Å²) in [4.78, 5) is 28.3.